The Balaban J connectivity index is 1.93. The number of aliphatic hydroxyl groups is 2. The van der Waals surface area contributed by atoms with Crippen LogP contribution in [0.1, 0.15) is 5.56 Å². The Labute approximate surface area is 110 Å². The van der Waals surface area contributed by atoms with Crippen molar-refractivity contribution in [1.29, 1.82) is 5.26 Å². The van der Waals surface area contributed by atoms with E-state index in [1.165, 1.54) is 4.90 Å². The lowest BCUT2D eigenvalue weighted by Gasteiger charge is -2.15. The quantitative estimate of drug-likeness (QED) is 0.766. The van der Waals surface area contributed by atoms with Crippen LogP contribution in [0, 0.1) is 11.3 Å². The van der Waals surface area contributed by atoms with E-state index >= 15 is 0 Å². The van der Waals surface area contributed by atoms with Crippen LogP contribution in [0.3, 0.4) is 0 Å². The Morgan fingerprint density at radius 2 is 2.00 bits per heavy atom. The Morgan fingerprint density at radius 1 is 1.37 bits per heavy atom. The number of nitrogens with zero attached hydrogens (tertiary/aromatic N) is 2. The highest BCUT2D eigenvalue weighted by Crippen LogP contribution is 2.17. The van der Waals surface area contributed by atoms with Gasteiger partial charge in [-0.05, 0) is 12.1 Å². The summed E-state index contributed by atoms with van der Waals surface area (Å²) in [5.74, 6) is 0.0157. The first-order valence-corrected chi connectivity index (χ1v) is 5.87. The van der Waals surface area contributed by atoms with E-state index in [9.17, 15) is 15.0 Å². The van der Waals surface area contributed by atoms with E-state index in [1.54, 1.807) is 24.3 Å². The zero-order valence-corrected chi connectivity index (χ0v) is 10.2. The molecule has 1 aromatic carbocycles. The van der Waals surface area contributed by atoms with Gasteiger partial charge in [-0.25, -0.2) is 0 Å². The largest absolute Gasteiger partial charge is 0.482 e. The van der Waals surface area contributed by atoms with E-state index in [0.717, 1.165) is 0 Å². The van der Waals surface area contributed by atoms with Crippen molar-refractivity contribution in [2.75, 3.05) is 19.7 Å². The average Bonchev–Trinajstić information content (AvgIpc) is 2.76. The first-order valence-electron chi connectivity index (χ1n) is 5.87. The minimum absolute atomic E-state index is 0.100. The van der Waals surface area contributed by atoms with Gasteiger partial charge in [0.15, 0.2) is 6.61 Å². The van der Waals surface area contributed by atoms with Crippen LogP contribution in [0.2, 0.25) is 0 Å². The highest BCUT2D eigenvalue weighted by atomic mass is 16.5. The lowest BCUT2D eigenvalue weighted by atomic mass is 10.2. The topological polar surface area (TPSA) is 93.8 Å². The van der Waals surface area contributed by atoms with E-state index < -0.39 is 12.2 Å². The van der Waals surface area contributed by atoms with Gasteiger partial charge in [0.25, 0.3) is 5.91 Å². The van der Waals surface area contributed by atoms with Crippen LogP contribution in [0.25, 0.3) is 0 Å². The monoisotopic (exact) mass is 262 g/mol. The predicted molar refractivity (Wildman–Crippen MR) is 65.2 cm³/mol. The van der Waals surface area contributed by atoms with Crippen molar-refractivity contribution in [3.63, 3.8) is 0 Å². The molecule has 2 atom stereocenters. The first-order chi connectivity index (χ1) is 9.11. The molecule has 2 N–H and O–H groups in total. The normalized spacial score (nSPS) is 22.1. The van der Waals surface area contributed by atoms with Gasteiger partial charge < -0.3 is 19.8 Å². The summed E-state index contributed by atoms with van der Waals surface area (Å²) in [5.41, 5.74) is 0.358. The third-order valence-electron chi connectivity index (χ3n) is 2.97. The molecule has 6 nitrogen and oxygen atoms in total. The zero-order chi connectivity index (χ0) is 13.8. The molecule has 1 fully saturated rings. The summed E-state index contributed by atoms with van der Waals surface area (Å²) >= 11 is 0. The lowest BCUT2D eigenvalue weighted by Crippen LogP contribution is -2.34. The van der Waals surface area contributed by atoms with Gasteiger partial charge in [0, 0.05) is 13.1 Å². The number of carbonyl (C=O) groups is 1. The fraction of sp³-hybridized carbons (Fsp3) is 0.385. The van der Waals surface area contributed by atoms with Crippen molar-refractivity contribution in [2.24, 2.45) is 0 Å². The Kier molecular flexibility index (Phi) is 4.00. The van der Waals surface area contributed by atoms with Gasteiger partial charge in [0.05, 0.1) is 17.8 Å². The van der Waals surface area contributed by atoms with Crippen LogP contribution in [0.4, 0.5) is 0 Å². The van der Waals surface area contributed by atoms with Crippen molar-refractivity contribution >= 4 is 5.91 Å². The number of aliphatic hydroxyl groups excluding tert-OH is 2. The maximum absolute atomic E-state index is 11.8. The molecule has 0 aliphatic carbocycles. The molecule has 2 rings (SSSR count). The average molecular weight is 262 g/mol. The summed E-state index contributed by atoms with van der Waals surface area (Å²) in [6, 6.07) is 8.61. The smallest absolute Gasteiger partial charge is 0.260 e. The molecular formula is C13H14N2O4. The molecule has 1 aliphatic heterocycles. The third kappa shape index (κ3) is 3.02. The summed E-state index contributed by atoms with van der Waals surface area (Å²) in [4.78, 5) is 13.1. The van der Waals surface area contributed by atoms with Gasteiger partial charge in [-0.2, -0.15) is 5.26 Å². The van der Waals surface area contributed by atoms with Crippen LogP contribution < -0.4 is 4.74 Å². The van der Waals surface area contributed by atoms with E-state index in [2.05, 4.69) is 0 Å². The molecule has 1 aromatic rings. The molecule has 6 heteroatoms. The number of hydrogen-bond donors (Lipinski definition) is 2. The number of rotatable bonds is 3. The van der Waals surface area contributed by atoms with Crippen molar-refractivity contribution in [1.82, 2.24) is 4.90 Å². The van der Waals surface area contributed by atoms with E-state index in [1.807, 2.05) is 6.07 Å². The number of benzene rings is 1. The molecule has 0 radical (unpaired) electrons. The number of para-hydroxylation sites is 1. The fourth-order valence-corrected chi connectivity index (χ4v) is 1.89. The number of β-amino-alcohol motifs (C(OH)–C–C–N with tert-alkyl or cyclic N) is 2. The Hall–Kier alpha value is -2.10. The molecular weight excluding hydrogens is 248 g/mol. The molecule has 0 spiro atoms. The molecule has 1 heterocycles. The molecule has 1 aliphatic rings. The number of amides is 1. The van der Waals surface area contributed by atoms with Crippen LogP contribution in [0.15, 0.2) is 24.3 Å². The molecule has 1 saturated heterocycles. The molecule has 1 amide bonds. The second-order valence-electron chi connectivity index (χ2n) is 4.33. The zero-order valence-electron chi connectivity index (χ0n) is 10.2. The Bertz CT molecular complexity index is 502. The third-order valence-corrected chi connectivity index (χ3v) is 2.97. The summed E-state index contributed by atoms with van der Waals surface area (Å²) in [5, 5.41) is 27.6. The molecule has 100 valence electrons. The highest BCUT2D eigenvalue weighted by molar-refractivity contribution is 5.78. The number of hydrogen-bond acceptors (Lipinski definition) is 5. The van der Waals surface area contributed by atoms with Crippen LogP contribution in [0.5, 0.6) is 5.75 Å². The number of carbonyl (C=O) groups excluding carboxylic acids is 1. The number of ether oxygens (including phenoxy) is 1. The van der Waals surface area contributed by atoms with Crippen LogP contribution >= 0.6 is 0 Å². The summed E-state index contributed by atoms with van der Waals surface area (Å²) in [6.07, 6.45) is -1.81. The molecule has 0 unspecified atom stereocenters. The van der Waals surface area contributed by atoms with Gasteiger partial charge in [0.2, 0.25) is 0 Å². The molecule has 19 heavy (non-hydrogen) atoms. The second kappa shape index (κ2) is 5.69. The molecule has 0 saturated carbocycles. The SMILES string of the molecule is N#Cc1ccccc1OCC(=O)N1C[C@@H](O)[C@@H](O)C1. The van der Waals surface area contributed by atoms with E-state index in [4.69, 9.17) is 10.00 Å². The van der Waals surface area contributed by atoms with Gasteiger partial charge in [-0.15, -0.1) is 0 Å². The van der Waals surface area contributed by atoms with Gasteiger partial charge >= 0.3 is 0 Å². The summed E-state index contributed by atoms with van der Waals surface area (Å²) in [7, 11) is 0. The molecule has 0 aromatic heterocycles. The summed E-state index contributed by atoms with van der Waals surface area (Å²) < 4.78 is 5.30. The van der Waals surface area contributed by atoms with Crippen LogP contribution in [-0.4, -0.2) is 52.9 Å². The minimum atomic E-state index is -0.907. The van der Waals surface area contributed by atoms with Crippen molar-refractivity contribution in [3.8, 4) is 11.8 Å². The van der Waals surface area contributed by atoms with Crippen molar-refractivity contribution in [2.45, 2.75) is 12.2 Å². The number of nitriles is 1. The first kappa shape index (κ1) is 13.3. The van der Waals surface area contributed by atoms with Crippen molar-refractivity contribution < 1.29 is 19.7 Å². The highest BCUT2D eigenvalue weighted by Gasteiger charge is 2.32. The Morgan fingerprint density at radius 3 is 2.63 bits per heavy atom. The second-order valence-corrected chi connectivity index (χ2v) is 4.33. The predicted octanol–water partition coefficient (Wildman–Crippen LogP) is -0.499. The van der Waals surface area contributed by atoms with Gasteiger partial charge in [-0.3, -0.25) is 4.79 Å². The molecule has 0 bridgehead atoms. The minimum Gasteiger partial charge on any atom is -0.482 e. The van der Waals surface area contributed by atoms with Gasteiger partial charge in [-0.1, -0.05) is 12.1 Å². The van der Waals surface area contributed by atoms with Crippen LogP contribution in [-0.2, 0) is 4.79 Å². The number of likely N-dealkylation sites (tertiary alicyclic amines) is 1. The fourth-order valence-electron chi connectivity index (χ4n) is 1.89. The van der Waals surface area contributed by atoms with E-state index in [-0.39, 0.29) is 25.6 Å². The lowest BCUT2D eigenvalue weighted by molar-refractivity contribution is -0.132. The maximum Gasteiger partial charge on any atom is 0.260 e. The maximum atomic E-state index is 11.8. The van der Waals surface area contributed by atoms with Crippen molar-refractivity contribution in [3.05, 3.63) is 29.8 Å². The van der Waals surface area contributed by atoms with E-state index in [0.29, 0.717) is 11.3 Å². The standard InChI is InChI=1S/C13H14N2O4/c14-5-9-3-1-2-4-12(9)19-8-13(18)15-6-10(16)11(17)7-15/h1-4,10-11,16-17H,6-8H2/t10-,11+. The van der Waals surface area contributed by atoms with Gasteiger partial charge in [0.1, 0.15) is 11.8 Å². The summed E-state index contributed by atoms with van der Waals surface area (Å²) in [6.45, 7) is -0.0232.